The number of thiophene rings is 1. The molecule has 6 nitrogen and oxygen atoms in total. The predicted octanol–water partition coefficient (Wildman–Crippen LogP) is 2.96. The molecule has 2 aromatic heterocycles. The van der Waals surface area contributed by atoms with E-state index in [1.165, 1.54) is 11.3 Å². The van der Waals surface area contributed by atoms with Gasteiger partial charge in [-0.15, -0.1) is 11.3 Å². The predicted molar refractivity (Wildman–Crippen MR) is 104 cm³/mol. The zero-order valence-corrected chi connectivity index (χ0v) is 16.1. The van der Waals surface area contributed by atoms with Crippen LogP contribution in [0.15, 0.2) is 36.0 Å². The number of carbonyl (C=O) groups excluding carboxylic acids is 2. The first kappa shape index (κ1) is 18.1. The van der Waals surface area contributed by atoms with Crippen molar-refractivity contribution >= 4 is 28.8 Å². The van der Waals surface area contributed by atoms with Crippen molar-refractivity contribution in [1.29, 1.82) is 0 Å². The van der Waals surface area contributed by atoms with E-state index in [4.69, 9.17) is 4.74 Å². The van der Waals surface area contributed by atoms with Crippen LogP contribution in [0.1, 0.15) is 28.1 Å². The van der Waals surface area contributed by atoms with E-state index in [0.717, 1.165) is 23.3 Å². The number of hydrogen-bond donors (Lipinski definition) is 1. The minimum atomic E-state index is -0.245. The highest BCUT2D eigenvalue weighted by atomic mass is 32.1. The van der Waals surface area contributed by atoms with Gasteiger partial charge in [-0.05, 0) is 48.9 Å². The van der Waals surface area contributed by atoms with Crippen LogP contribution in [-0.2, 0) is 9.53 Å². The maximum atomic E-state index is 13.1. The average molecular weight is 385 g/mol. The second-order valence-electron chi connectivity index (χ2n) is 7.38. The topological polar surface area (TPSA) is 71.5 Å². The lowest BCUT2D eigenvalue weighted by atomic mass is 9.71. The summed E-state index contributed by atoms with van der Waals surface area (Å²) in [7, 11) is 0. The summed E-state index contributed by atoms with van der Waals surface area (Å²) >= 11 is 1.47. The largest absolute Gasteiger partial charge is 0.381 e. The van der Waals surface area contributed by atoms with Crippen molar-refractivity contribution in [3.05, 3.63) is 46.4 Å². The number of nitrogens with zero attached hydrogens (tertiary/aromatic N) is 2. The Morgan fingerprint density at radius 3 is 2.81 bits per heavy atom. The van der Waals surface area contributed by atoms with Crippen LogP contribution < -0.4 is 5.32 Å². The quantitative estimate of drug-likeness (QED) is 0.882. The number of pyridine rings is 1. The number of hydrogen-bond acceptors (Lipinski definition) is 5. The molecular weight excluding hydrogens is 362 g/mol. The third-order valence-electron chi connectivity index (χ3n) is 5.73. The van der Waals surface area contributed by atoms with Gasteiger partial charge in [0.05, 0.1) is 22.7 Å². The number of aromatic nitrogens is 1. The third-order valence-corrected chi connectivity index (χ3v) is 6.73. The van der Waals surface area contributed by atoms with Crippen LogP contribution in [0.2, 0.25) is 0 Å². The summed E-state index contributed by atoms with van der Waals surface area (Å²) in [6.07, 6.45) is 4.91. The van der Waals surface area contributed by atoms with Crippen LogP contribution in [-0.4, -0.2) is 48.0 Å². The van der Waals surface area contributed by atoms with Crippen molar-refractivity contribution in [1.82, 2.24) is 9.88 Å². The summed E-state index contributed by atoms with van der Waals surface area (Å²) < 4.78 is 5.55. The number of carbonyl (C=O) groups is 2. The summed E-state index contributed by atoms with van der Waals surface area (Å²) in [6, 6.07) is 5.59. The highest BCUT2D eigenvalue weighted by Crippen LogP contribution is 2.45. The van der Waals surface area contributed by atoms with E-state index in [0.29, 0.717) is 32.0 Å². The van der Waals surface area contributed by atoms with Gasteiger partial charge in [-0.1, -0.05) is 0 Å². The van der Waals surface area contributed by atoms with Crippen LogP contribution in [0.25, 0.3) is 0 Å². The average Bonchev–Trinajstić information content (AvgIpc) is 3.27. The lowest BCUT2D eigenvalue weighted by Gasteiger charge is -2.37. The Labute approximate surface area is 162 Å². The number of aryl methyl sites for hydroxylation is 1. The van der Waals surface area contributed by atoms with Gasteiger partial charge in [-0.3, -0.25) is 14.6 Å². The Bertz CT molecular complexity index is 830. The fourth-order valence-electron chi connectivity index (χ4n) is 4.17. The highest BCUT2D eigenvalue weighted by Gasteiger charge is 2.52. The highest BCUT2D eigenvalue weighted by molar-refractivity contribution is 7.12. The van der Waals surface area contributed by atoms with E-state index in [1.807, 2.05) is 29.3 Å². The van der Waals surface area contributed by atoms with Gasteiger partial charge in [0, 0.05) is 37.9 Å². The van der Waals surface area contributed by atoms with Gasteiger partial charge in [-0.25, -0.2) is 0 Å². The lowest BCUT2D eigenvalue weighted by Crippen LogP contribution is -2.42. The Morgan fingerprint density at radius 1 is 1.33 bits per heavy atom. The van der Waals surface area contributed by atoms with Gasteiger partial charge in [0.1, 0.15) is 0 Å². The number of ether oxygens (including phenoxy) is 1. The van der Waals surface area contributed by atoms with Gasteiger partial charge in [0.2, 0.25) is 5.91 Å². The molecule has 2 amide bonds. The molecule has 142 valence electrons. The van der Waals surface area contributed by atoms with Crippen molar-refractivity contribution in [2.75, 3.05) is 31.6 Å². The van der Waals surface area contributed by atoms with E-state index >= 15 is 0 Å². The standard InChI is InChI=1S/C20H23N3O3S/c1-14-4-10-27-17(14)19(25)23-12-16(20(13-23)5-8-26-9-6-20)18(24)22-15-3-2-7-21-11-15/h2-4,7,10-11,16H,5-6,8-9,12-13H2,1H3,(H,22,24)/t16-/m1/s1. The van der Waals surface area contributed by atoms with Gasteiger partial charge in [-0.2, -0.15) is 0 Å². The SMILES string of the molecule is Cc1ccsc1C(=O)N1C[C@H](C(=O)Nc2cccnc2)C2(CCOCC2)C1. The van der Waals surface area contributed by atoms with Crippen LogP contribution in [0.3, 0.4) is 0 Å². The van der Waals surface area contributed by atoms with E-state index in [9.17, 15) is 9.59 Å². The summed E-state index contributed by atoms with van der Waals surface area (Å²) in [5.74, 6) is -0.251. The molecule has 1 atom stereocenters. The first-order valence-corrected chi connectivity index (χ1v) is 10.1. The number of nitrogens with one attached hydrogen (secondary N) is 1. The molecule has 0 saturated carbocycles. The van der Waals surface area contributed by atoms with Gasteiger partial charge < -0.3 is 15.0 Å². The summed E-state index contributed by atoms with van der Waals surface area (Å²) in [4.78, 5) is 32.8. The van der Waals surface area contributed by atoms with Crippen molar-refractivity contribution in [2.24, 2.45) is 11.3 Å². The Kier molecular flexibility index (Phi) is 4.97. The monoisotopic (exact) mass is 385 g/mol. The van der Waals surface area contributed by atoms with E-state index in [2.05, 4.69) is 10.3 Å². The minimum Gasteiger partial charge on any atom is -0.381 e. The molecule has 0 bridgehead atoms. The summed E-state index contributed by atoms with van der Waals surface area (Å²) in [5.41, 5.74) is 1.46. The Hall–Kier alpha value is -2.25. The molecule has 2 aromatic rings. The fourth-order valence-corrected chi connectivity index (χ4v) is 5.06. The van der Waals surface area contributed by atoms with Gasteiger partial charge >= 0.3 is 0 Å². The summed E-state index contributed by atoms with van der Waals surface area (Å²) in [6.45, 7) is 4.28. The van der Waals surface area contributed by atoms with Crippen LogP contribution in [0, 0.1) is 18.3 Å². The van der Waals surface area contributed by atoms with Crippen molar-refractivity contribution < 1.29 is 14.3 Å². The van der Waals surface area contributed by atoms with Crippen molar-refractivity contribution in [3.8, 4) is 0 Å². The molecular formula is C20H23N3O3S. The van der Waals surface area contributed by atoms with Crippen LogP contribution in [0.4, 0.5) is 5.69 Å². The zero-order valence-electron chi connectivity index (χ0n) is 15.3. The fraction of sp³-hybridized carbons (Fsp3) is 0.450. The first-order chi connectivity index (χ1) is 13.1. The summed E-state index contributed by atoms with van der Waals surface area (Å²) in [5, 5.41) is 4.92. The molecule has 0 radical (unpaired) electrons. The molecule has 0 aromatic carbocycles. The van der Waals surface area contributed by atoms with E-state index in [-0.39, 0.29) is 23.1 Å². The Morgan fingerprint density at radius 2 is 2.15 bits per heavy atom. The van der Waals surface area contributed by atoms with E-state index in [1.54, 1.807) is 18.5 Å². The van der Waals surface area contributed by atoms with E-state index < -0.39 is 0 Å². The van der Waals surface area contributed by atoms with Gasteiger partial charge in [0.15, 0.2) is 0 Å². The number of likely N-dealkylation sites (tertiary alicyclic amines) is 1. The zero-order chi connectivity index (χ0) is 18.9. The molecule has 2 fully saturated rings. The number of anilines is 1. The molecule has 2 aliphatic heterocycles. The molecule has 0 aliphatic carbocycles. The molecule has 4 heterocycles. The molecule has 4 rings (SSSR count). The maximum absolute atomic E-state index is 13.1. The normalized spacial score (nSPS) is 21.4. The molecule has 1 N–H and O–H groups in total. The van der Waals surface area contributed by atoms with Crippen LogP contribution >= 0.6 is 11.3 Å². The molecule has 7 heteroatoms. The molecule has 27 heavy (non-hydrogen) atoms. The van der Waals surface area contributed by atoms with Crippen molar-refractivity contribution in [3.63, 3.8) is 0 Å². The Balaban J connectivity index is 1.57. The molecule has 1 spiro atoms. The van der Waals surface area contributed by atoms with Gasteiger partial charge in [0.25, 0.3) is 5.91 Å². The molecule has 0 unspecified atom stereocenters. The second kappa shape index (κ2) is 7.40. The second-order valence-corrected chi connectivity index (χ2v) is 8.29. The first-order valence-electron chi connectivity index (χ1n) is 9.21. The number of amides is 2. The van der Waals surface area contributed by atoms with Crippen molar-refractivity contribution in [2.45, 2.75) is 19.8 Å². The molecule has 2 aliphatic rings. The lowest BCUT2D eigenvalue weighted by molar-refractivity contribution is -0.124. The smallest absolute Gasteiger partial charge is 0.264 e. The minimum absolute atomic E-state index is 0.0324. The molecule has 2 saturated heterocycles. The third kappa shape index (κ3) is 3.49. The van der Waals surface area contributed by atoms with Crippen LogP contribution in [0.5, 0.6) is 0 Å². The number of rotatable bonds is 3. The maximum Gasteiger partial charge on any atom is 0.264 e.